The van der Waals surface area contributed by atoms with Crippen molar-refractivity contribution in [1.82, 2.24) is 14.7 Å². The van der Waals surface area contributed by atoms with E-state index >= 15 is 0 Å². The Hall–Kier alpha value is -0.580. The molecule has 5 heteroatoms. The number of hydrogen-bond donors (Lipinski definition) is 1. The summed E-state index contributed by atoms with van der Waals surface area (Å²) < 4.78 is 1.87. The highest BCUT2D eigenvalue weighted by Crippen LogP contribution is 2.35. The maximum absolute atomic E-state index is 6.26. The van der Waals surface area contributed by atoms with E-state index in [1.807, 2.05) is 18.7 Å². The van der Waals surface area contributed by atoms with Gasteiger partial charge in [0, 0.05) is 26.2 Å². The average Bonchev–Trinajstić information content (AvgIpc) is 3.06. The Morgan fingerprint density at radius 1 is 1.59 bits per heavy atom. The van der Waals surface area contributed by atoms with Crippen molar-refractivity contribution >= 4 is 11.6 Å². The van der Waals surface area contributed by atoms with Crippen molar-refractivity contribution in [3.05, 3.63) is 16.4 Å². The molecular formula is C12H21ClN4. The summed E-state index contributed by atoms with van der Waals surface area (Å²) in [6, 6.07) is 0.473. The largest absolute Gasteiger partial charge is 0.329 e. The monoisotopic (exact) mass is 256 g/mol. The first-order chi connectivity index (χ1) is 8.04. The number of nitrogens with zero attached hydrogens (tertiary/aromatic N) is 3. The fourth-order valence-electron chi connectivity index (χ4n) is 2.42. The van der Waals surface area contributed by atoms with Crippen LogP contribution in [0.1, 0.15) is 24.2 Å². The Kier molecular flexibility index (Phi) is 3.76. The Balaban J connectivity index is 2.08. The number of rotatable bonds is 5. The van der Waals surface area contributed by atoms with Gasteiger partial charge >= 0.3 is 0 Å². The fourth-order valence-corrected chi connectivity index (χ4v) is 2.64. The van der Waals surface area contributed by atoms with Crippen molar-refractivity contribution in [2.24, 2.45) is 18.7 Å². The van der Waals surface area contributed by atoms with Crippen LogP contribution in [0.5, 0.6) is 0 Å². The molecule has 2 rings (SSSR count). The molecular weight excluding hydrogens is 236 g/mol. The van der Waals surface area contributed by atoms with Gasteiger partial charge in [-0.2, -0.15) is 5.10 Å². The zero-order chi connectivity index (χ0) is 12.6. The second kappa shape index (κ2) is 4.96. The van der Waals surface area contributed by atoms with E-state index in [-0.39, 0.29) is 0 Å². The van der Waals surface area contributed by atoms with Crippen molar-refractivity contribution in [3.63, 3.8) is 0 Å². The van der Waals surface area contributed by atoms with Gasteiger partial charge in [-0.15, -0.1) is 0 Å². The number of hydrogen-bond acceptors (Lipinski definition) is 3. The van der Waals surface area contributed by atoms with Gasteiger partial charge in [0.2, 0.25) is 0 Å². The summed E-state index contributed by atoms with van der Waals surface area (Å²) in [5.41, 5.74) is 7.82. The molecule has 17 heavy (non-hydrogen) atoms. The predicted molar refractivity (Wildman–Crippen MR) is 70.0 cm³/mol. The standard InChI is InChI=1S/C12H21ClN4/c1-8-12(13)11(17(3)15-8)7-16(2)10(6-14)9-4-5-9/h9-10H,4-7,14H2,1-3H3. The summed E-state index contributed by atoms with van der Waals surface area (Å²) in [5, 5.41) is 5.12. The number of nitrogens with two attached hydrogens (primary N) is 1. The van der Waals surface area contributed by atoms with E-state index < -0.39 is 0 Å². The average molecular weight is 257 g/mol. The summed E-state index contributed by atoms with van der Waals surface area (Å²) in [6.07, 6.45) is 2.62. The molecule has 1 unspecified atom stereocenters. The zero-order valence-corrected chi connectivity index (χ0v) is 11.5. The van der Waals surface area contributed by atoms with E-state index in [0.29, 0.717) is 6.04 Å². The molecule has 0 radical (unpaired) electrons. The predicted octanol–water partition coefficient (Wildman–Crippen LogP) is 1.55. The van der Waals surface area contributed by atoms with Gasteiger partial charge in [-0.25, -0.2) is 0 Å². The molecule has 1 aromatic heterocycles. The van der Waals surface area contributed by atoms with Crippen LogP contribution in [0.4, 0.5) is 0 Å². The quantitative estimate of drug-likeness (QED) is 0.870. The van der Waals surface area contributed by atoms with Crippen LogP contribution in [-0.4, -0.2) is 34.3 Å². The zero-order valence-electron chi connectivity index (χ0n) is 10.8. The second-order valence-corrected chi connectivity index (χ2v) is 5.40. The molecule has 0 aromatic carbocycles. The lowest BCUT2D eigenvalue weighted by atomic mass is 10.1. The summed E-state index contributed by atoms with van der Waals surface area (Å²) in [7, 11) is 4.06. The van der Waals surface area contributed by atoms with Gasteiger partial charge in [0.05, 0.1) is 16.4 Å². The van der Waals surface area contributed by atoms with E-state index in [0.717, 1.165) is 35.4 Å². The van der Waals surface area contributed by atoms with Crippen molar-refractivity contribution in [2.75, 3.05) is 13.6 Å². The molecule has 1 aromatic rings. The minimum absolute atomic E-state index is 0.473. The van der Waals surface area contributed by atoms with Crippen LogP contribution in [0.3, 0.4) is 0 Å². The molecule has 1 fully saturated rings. The lowest BCUT2D eigenvalue weighted by Crippen LogP contribution is -2.39. The van der Waals surface area contributed by atoms with Gasteiger partial charge in [0.25, 0.3) is 0 Å². The third kappa shape index (κ3) is 2.64. The molecule has 0 spiro atoms. The molecule has 1 atom stereocenters. The second-order valence-electron chi connectivity index (χ2n) is 5.03. The highest BCUT2D eigenvalue weighted by Gasteiger charge is 2.33. The van der Waals surface area contributed by atoms with E-state index in [4.69, 9.17) is 17.3 Å². The SMILES string of the molecule is Cc1nn(C)c(CN(C)C(CN)C2CC2)c1Cl. The minimum atomic E-state index is 0.473. The van der Waals surface area contributed by atoms with Crippen LogP contribution >= 0.6 is 11.6 Å². The van der Waals surface area contributed by atoms with Gasteiger partial charge in [0.1, 0.15) is 0 Å². The first kappa shape index (κ1) is 12.9. The van der Waals surface area contributed by atoms with Crippen LogP contribution in [0.25, 0.3) is 0 Å². The Morgan fingerprint density at radius 2 is 2.24 bits per heavy atom. The molecule has 1 saturated carbocycles. The normalized spacial score (nSPS) is 17.8. The van der Waals surface area contributed by atoms with Crippen molar-refractivity contribution in [1.29, 1.82) is 0 Å². The van der Waals surface area contributed by atoms with E-state index in [1.165, 1.54) is 12.8 Å². The summed E-state index contributed by atoms with van der Waals surface area (Å²) in [4.78, 5) is 2.31. The lowest BCUT2D eigenvalue weighted by Gasteiger charge is -2.26. The summed E-state index contributed by atoms with van der Waals surface area (Å²) >= 11 is 6.26. The molecule has 1 aliphatic rings. The third-order valence-corrected chi connectivity index (χ3v) is 4.13. The molecule has 4 nitrogen and oxygen atoms in total. The van der Waals surface area contributed by atoms with Crippen molar-refractivity contribution in [2.45, 2.75) is 32.4 Å². The minimum Gasteiger partial charge on any atom is -0.329 e. The number of aromatic nitrogens is 2. The third-order valence-electron chi connectivity index (χ3n) is 3.63. The number of halogens is 1. The highest BCUT2D eigenvalue weighted by molar-refractivity contribution is 6.31. The van der Waals surface area contributed by atoms with Crippen molar-refractivity contribution < 1.29 is 0 Å². The van der Waals surface area contributed by atoms with Crippen molar-refractivity contribution in [3.8, 4) is 0 Å². The van der Waals surface area contributed by atoms with E-state index in [2.05, 4.69) is 17.0 Å². The lowest BCUT2D eigenvalue weighted by molar-refractivity contribution is 0.210. The van der Waals surface area contributed by atoms with Gasteiger partial charge in [-0.3, -0.25) is 9.58 Å². The molecule has 0 amide bonds. The van der Waals surface area contributed by atoms with Gasteiger partial charge in [-0.1, -0.05) is 11.6 Å². The maximum atomic E-state index is 6.26. The molecule has 2 N–H and O–H groups in total. The van der Waals surface area contributed by atoms with Crippen LogP contribution in [0.2, 0.25) is 5.02 Å². The number of likely N-dealkylation sites (N-methyl/N-ethyl adjacent to an activating group) is 1. The number of aryl methyl sites for hydroxylation is 2. The van der Waals surface area contributed by atoms with Gasteiger partial charge in [-0.05, 0) is 32.7 Å². The molecule has 96 valence electrons. The van der Waals surface area contributed by atoms with Gasteiger partial charge < -0.3 is 5.73 Å². The van der Waals surface area contributed by atoms with Crippen LogP contribution in [0, 0.1) is 12.8 Å². The Morgan fingerprint density at radius 3 is 2.65 bits per heavy atom. The van der Waals surface area contributed by atoms with E-state index in [9.17, 15) is 0 Å². The van der Waals surface area contributed by atoms with Crippen LogP contribution < -0.4 is 5.73 Å². The first-order valence-corrected chi connectivity index (χ1v) is 6.50. The van der Waals surface area contributed by atoms with E-state index in [1.54, 1.807) is 0 Å². The molecule has 1 heterocycles. The Bertz CT molecular complexity index is 397. The molecule has 1 aliphatic carbocycles. The summed E-state index contributed by atoms with van der Waals surface area (Å²) in [5.74, 6) is 0.776. The maximum Gasteiger partial charge on any atom is 0.0860 e. The summed E-state index contributed by atoms with van der Waals surface area (Å²) in [6.45, 7) is 3.47. The highest BCUT2D eigenvalue weighted by atomic mass is 35.5. The topological polar surface area (TPSA) is 47.1 Å². The smallest absolute Gasteiger partial charge is 0.0860 e. The molecule has 0 bridgehead atoms. The molecule has 0 aliphatic heterocycles. The van der Waals surface area contributed by atoms with Gasteiger partial charge in [0.15, 0.2) is 0 Å². The first-order valence-electron chi connectivity index (χ1n) is 6.12. The Labute approximate surface area is 108 Å². The molecule has 0 saturated heterocycles. The fraction of sp³-hybridized carbons (Fsp3) is 0.750. The van der Waals surface area contributed by atoms with Crippen LogP contribution in [0.15, 0.2) is 0 Å². The van der Waals surface area contributed by atoms with Crippen LogP contribution in [-0.2, 0) is 13.6 Å².